The second-order valence-corrected chi connectivity index (χ2v) is 4.71. The molecule has 2 aromatic rings. The molecule has 0 atom stereocenters. The first-order valence-electron chi connectivity index (χ1n) is 5.00. The number of hydrogen-bond acceptors (Lipinski definition) is 2. The fourth-order valence-corrected chi connectivity index (χ4v) is 2.08. The van der Waals surface area contributed by atoms with Crippen LogP contribution >= 0.6 is 22.6 Å². The van der Waals surface area contributed by atoms with Gasteiger partial charge in [0.15, 0.2) is 0 Å². The van der Waals surface area contributed by atoms with Gasteiger partial charge in [-0.05, 0) is 40.8 Å². The Kier molecular flexibility index (Phi) is 3.42. The Hall–Kier alpha value is -1.11. The number of pyridine rings is 1. The van der Waals surface area contributed by atoms with Crippen molar-refractivity contribution in [2.45, 2.75) is 13.0 Å². The van der Waals surface area contributed by atoms with Gasteiger partial charge in [0.2, 0.25) is 0 Å². The van der Waals surface area contributed by atoms with Gasteiger partial charge in [0, 0.05) is 38.1 Å². The van der Waals surface area contributed by atoms with Gasteiger partial charge in [-0.25, -0.2) is 0 Å². The Morgan fingerprint density at radius 1 is 1.44 bits per heavy atom. The lowest BCUT2D eigenvalue weighted by Gasteiger charge is -2.06. The number of nitrogens with zero attached hydrogens (tertiary/aromatic N) is 3. The van der Waals surface area contributed by atoms with Gasteiger partial charge < -0.3 is 4.57 Å². The molecule has 5 heteroatoms. The van der Waals surface area contributed by atoms with Crippen LogP contribution in [0.15, 0.2) is 35.4 Å². The van der Waals surface area contributed by atoms with Gasteiger partial charge in [0.1, 0.15) is 0 Å². The van der Waals surface area contributed by atoms with E-state index in [-0.39, 0.29) is 5.56 Å². The van der Waals surface area contributed by atoms with E-state index in [1.807, 2.05) is 36.1 Å². The van der Waals surface area contributed by atoms with Gasteiger partial charge in [-0.3, -0.25) is 9.48 Å². The zero-order valence-electron chi connectivity index (χ0n) is 8.93. The number of aryl methyl sites for hydroxylation is 3. The second kappa shape index (κ2) is 4.82. The summed E-state index contributed by atoms with van der Waals surface area (Å²) in [6.45, 7) is 0.690. The average Bonchev–Trinajstić information content (AvgIpc) is 2.67. The van der Waals surface area contributed by atoms with Crippen LogP contribution in [0.2, 0.25) is 0 Å². The van der Waals surface area contributed by atoms with Crippen LogP contribution in [0.1, 0.15) is 5.69 Å². The molecule has 0 aliphatic rings. The summed E-state index contributed by atoms with van der Waals surface area (Å²) in [5.41, 5.74) is 1.20. The predicted molar refractivity (Wildman–Crippen MR) is 70.3 cm³/mol. The molecule has 2 rings (SSSR count). The summed E-state index contributed by atoms with van der Waals surface area (Å²) >= 11 is 2.06. The highest BCUT2D eigenvalue weighted by atomic mass is 127. The molecule has 84 valence electrons. The van der Waals surface area contributed by atoms with Crippen molar-refractivity contribution in [1.29, 1.82) is 0 Å². The summed E-state index contributed by atoms with van der Waals surface area (Å²) in [6.07, 6.45) is 4.41. The van der Waals surface area contributed by atoms with Gasteiger partial charge in [0.25, 0.3) is 5.56 Å². The fraction of sp³-hybridized carbons (Fsp3) is 0.273. The number of halogens is 1. The molecule has 0 aliphatic heterocycles. The molecule has 0 saturated heterocycles. The Morgan fingerprint density at radius 2 is 2.25 bits per heavy atom. The van der Waals surface area contributed by atoms with E-state index in [0.717, 1.165) is 15.7 Å². The molecule has 0 fully saturated rings. The van der Waals surface area contributed by atoms with Crippen LogP contribution in [-0.2, 0) is 20.0 Å². The van der Waals surface area contributed by atoms with Crippen molar-refractivity contribution < 1.29 is 0 Å². The van der Waals surface area contributed by atoms with E-state index in [1.54, 1.807) is 10.8 Å². The molecular weight excluding hydrogens is 317 g/mol. The van der Waals surface area contributed by atoms with Crippen molar-refractivity contribution in [2.75, 3.05) is 0 Å². The van der Waals surface area contributed by atoms with E-state index >= 15 is 0 Å². The highest BCUT2D eigenvalue weighted by Gasteiger charge is 2.02. The van der Waals surface area contributed by atoms with Crippen LogP contribution in [0.5, 0.6) is 0 Å². The topological polar surface area (TPSA) is 39.8 Å². The first-order chi connectivity index (χ1) is 7.68. The maximum atomic E-state index is 11.7. The van der Waals surface area contributed by atoms with Crippen molar-refractivity contribution in [3.8, 4) is 0 Å². The lowest BCUT2D eigenvalue weighted by molar-refractivity contribution is 0.621. The number of hydrogen-bond donors (Lipinski definition) is 0. The molecule has 2 heterocycles. The van der Waals surface area contributed by atoms with Crippen molar-refractivity contribution in [3.05, 3.63) is 50.2 Å². The smallest absolute Gasteiger partial charge is 0.263 e. The molecule has 0 radical (unpaired) electrons. The number of aromatic nitrogens is 3. The van der Waals surface area contributed by atoms with Crippen molar-refractivity contribution in [1.82, 2.24) is 14.3 Å². The summed E-state index contributed by atoms with van der Waals surface area (Å²) < 4.78 is 4.32. The molecular formula is C11H12IN3O. The van der Waals surface area contributed by atoms with Crippen LogP contribution in [0.3, 0.4) is 0 Å². The Balaban J connectivity index is 2.14. The Labute approximate surface area is 107 Å². The Morgan fingerprint density at radius 3 is 2.94 bits per heavy atom. The predicted octanol–water partition coefficient (Wildman–Crippen LogP) is 1.43. The molecule has 4 nitrogen and oxygen atoms in total. The molecule has 0 bridgehead atoms. The van der Waals surface area contributed by atoms with Gasteiger partial charge >= 0.3 is 0 Å². The molecule has 0 N–H and O–H groups in total. The molecule has 0 saturated carbocycles. The highest BCUT2D eigenvalue weighted by molar-refractivity contribution is 14.1. The molecule has 0 spiro atoms. The third kappa shape index (κ3) is 2.34. The van der Waals surface area contributed by atoms with Gasteiger partial charge in [-0.15, -0.1) is 0 Å². The van der Waals surface area contributed by atoms with Crippen molar-refractivity contribution in [2.24, 2.45) is 7.05 Å². The van der Waals surface area contributed by atoms with Crippen LogP contribution in [0.25, 0.3) is 0 Å². The van der Waals surface area contributed by atoms with Crippen molar-refractivity contribution in [3.63, 3.8) is 0 Å². The molecule has 16 heavy (non-hydrogen) atoms. The van der Waals surface area contributed by atoms with E-state index in [0.29, 0.717) is 6.54 Å². The largest absolute Gasteiger partial charge is 0.314 e. The molecule has 0 aromatic carbocycles. The van der Waals surface area contributed by atoms with Crippen LogP contribution < -0.4 is 5.56 Å². The standard InChI is InChI=1S/C11H12IN3O/c1-14-9(4-6-13-14)5-8-15-7-2-3-10(12)11(15)16/h2-4,6-7H,5,8H2,1H3. The molecule has 0 amide bonds. The summed E-state index contributed by atoms with van der Waals surface area (Å²) in [6, 6.07) is 5.69. The lowest BCUT2D eigenvalue weighted by atomic mass is 10.3. The summed E-state index contributed by atoms with van der Waals surface area (Å²) in [4.78, 5) is 11.7. The quantitative estimate of drug-likeness (QED) is 0.800. The minimum absolute atomic E-state index is 0.0743. The maximum Gasteiger partial charge on any atom is 0.263 e. The normalized spacial score (nSPS) is 10.6. The van der Waals surface area contributed by atoms with E-state index in [9.17, 15) is 4.79 Å². The third-order valence-electron chi connectivity index (χ3n) is 2.51. The average molecular weight is 329 g/mol. The summed E-state index contributed by atoms with van der Waals surface area (Å²) in [5.74, 6) is 0. The van der Waals surface area contributed by atoms with Crippen LogP contribution in [-0.4, -0.2) is 14.3 Å². The molecule has 0 aliphatic carbocycles. The number of rotatable bonds is 3. The van der Waals surface area contributed by atoms with E-state index < -0.39 is 0 Å². The van der Waals surface area contributed by atoms with E-state index in [2.05, 4.69) is 27.7 Å². The van der Waals surface area contributed by atoms with Gasteiger partial charge in [-0.1, -0.05) is 0 Å². The van der Waals surface area contributed by atoms with Crippen LogP contribution in [0.4, 0.5) is 0 Å². The van der Waals surface area contributed by atoms with Gasteiger partial charge in [0.05, 0.1) is 3.57 Å². The minimum Gasteiger partial charge on any atom is -0.314 e. The highest BCUT2D eigenvalue weighted by Crippen LogP contribution is 2.00. The SMILES string of the molecule is Cn1nccc1CCn1cccc(I)c1=O. The lowest BCUT2D eigenvalue weighted by Crippen LogP contribution is -2.22. The summed E-state index contributed by atoms with van der Waals surface area (Å²) in [5, 5.41) is 4.10. The monoisotopic (exact) mass is 329 g/mol. The molecule has 2 aromatic heterocycles. The minimum atomic E-state index is 0.0743. The van der Waals surface area contributed by atoms with Crippen LogP contribution in [0, 0.1) is 3.57 Å². The maximum absolute atomic E-state index is 11.7. The van der Waals surface area contributed by atoms with Crippen molar-refractivity contribution >= 4 is 22.6 Å². The fourth-order valence-electron chi connectivity index (χ4n) is 1.57. The first kappa shape index (κ1) is 11.4. The molecule has 0 unspecified atom stereocenters. The second-order valence-electron chi connectivity index (χ2n) is 3.55. The Bertz CT molecular complexity index is 544. The summed E-state index contributed by atoms with van der Waals surface area (Å²) in [7, 11) is 1.91. The van der Waals surface area contributed by atoms with E-state index in [1.165, 1.54) is 0 Å². The zero-order chi connectivity index (χ0) is 11.5. The third-order valence-corrected chi connectivity index (χ3v) is 3.33. The first-order valence-corrected chi connectivity index (χ1v) is 6.08. The van der Waals surface area contributed by atoms with E-state index in [4.69, 9.17) is 0 Å². The van der Waals surface area contributed by atoms with Gasteiger partial charge in [-0.2, -0.15) is 5.10 Å². The zero-order valence-corrected chi connectivity index (χ0v) is 11.1.